The maximum atomic E-state index is 13.0. The zero-order valence-electron chi connectivity index (χ0n) is 14.7. The van der Waals surface area contributed by atoms with Crippen LogP contribution in [0.5, 0.6) is 0 Å². The van der Waals surface area contributed by atoms with Gasteiger partial charge in [-0.2, -0.15) is 9.50 Å². The van der Waals surface area contributed by atoms with Gasteiger partial charge < -0.3 is 15.4 Å². The van der Waals surface area contributed by atoms with E-state index in [-0.39, 0.29) is 24.0 Å². The Kier molecular flexibility index (Phi) is 4.07. The van der Waals surface area contributed by atoms with Gasteiger partial charge in [-0.25, -0.2) is 4.98 Å². The lowest BCUT2D eigenvalue weighted by Gasteiger charge is -2.44. The molecule has 2 N–H and O–H groups in total. The summed E-state index contributed by atoms with van der Waals surface area (Å²) in [6.45, 7) is 5.14. The molecule has 0 unspecified atom stereocenters. The van der Waals surface area contributed by atoms with Crippen LogP contribution in [0, 0.1) is 13.8 Å². The van der Waals surface area contributed by atoms with Gasteiger partial charge in [0.2, 0.25) is 11.9 Å². The van der Waals surface area contributed by atoms with Gasteiger partial charge in [0.1, 0.15) is 0 Å². The highest BCUT2D eigenvalue weighted by atomic mass is 16.5. The van der Waals surface area contributed by atoms with Gasteiger partial charge in [-0.15, -0.1) is 5.10 Å². The fraction of sp³-hybridized carbons (Fsp3) is 0.647. The van der Waals surface area contributed by atoms with Gasteiger partial charge in [0.05, 0.1) is 25.2 Å². The monoisotopic (exact) mass is 344 g/mol. The number of anilines is 1. The zero-order valence-corrected chi connectivity index (χ0v) is 14.7. The minimum Gasteiger partial charge on any atom is -0.374 e. The maximum absolute atomic E-state index is 13.0. The molecule has 0 radical (unpaired) electrons. The van der Waals surface area contributed by atoms with Crippen molar-refractivity contribution in [3.8, 4) is 0 Å². The Morgan fingerprint density at radius 3 is 2.92 bits per heavy atom. The number of aromatic nitrogens is 4. The first-order valence-electron chi connectivity index (χ1n) is 8.94. The number of nitrogens with two attached hydrogens (primary N) is 1. The molecule has 1 saturated heterocycles. The number of nitrogens with zero attached hydrogens (tertiary/aromatic N) is 5. The third-order valence-corrected chi connectivity index (χ3v) is 5.45. The molecule has 1 aliphatic heterocycles. The summed E-state index contributed by atoms with van der Waals surface area (Å²) in [5, 5.41) is 4.18. The molecule has 0 spiro atoms. The first-order chi connectivity index (χ1) is 12.0. The van der Waals surface area contributed by atoms with Gasteiger partial charge in [-0.05, 0) is 26.7 Å². The molecule has 8 nitrogen and oxygen atoms in total. The molecule has 1 aliphatic carbocycles. The van der Waals surface area contributed by atoms with Crippen LogP contribution < -0.4 is 5.73 Å². The topological polar surface area (TPSA) is 98.6 Å². The molecule has 3 heterocycles. The summed E-state index contributed by atoms with van der Waals surface area (Å²) >= 11 is 0. The number of morpholine rings is 1. The smallest absolute Gasteiger partial charge is 0.254 e. The van der Waals surface area contributed by atoms with Crippen molar-refractivity contribution in [2.24, 2.45) is 0 Å². The van der Waals surface area contributed by atoms with Crippen molar-refractivity contribution < 1.29 is 9.53 Å². The van der Waals surface area contributed by atoms with Crippen LogP contribution in [0.2, 0.25) is 0 Å². The lowest BCUT2D eigenvalue weighted by molar-refractivity contribution is -0.148. The van der Waals surface area contributed by atoms with E-state index >= 15 is 0 Å². The van der Waals surface area contributed by atoms with Gasteiger partial charge in [-0.1, -0.05) is 12.8 Å². The van der Waals surface area contributed by atoms with Crippen molar-refractivity contribution in [1.82, 2.24) is 24.5 Å². The molecular weight excluding hydrogens is 320 g/mol. The molecule has 2 aromatic heterocycles. The Balaban J connectivity index is 1.61. The highest BCUT2D eigenvalue weighted by molar-refractivity contribution is 5.80. The molecular formula is C17H24N6O2. The number of amides is 1. The van der Waals surface area contributed by atoms with Crippen LogP contribution in [0.3, 0.4) is 0 Å². The minimum absolute atomic E-state index is 0.139. The van der Waals surface area contributed by atoms with E-state index in [1.165, 1.54) is 6.42 Å². The zero-order chi connectivity index (χ0) is 17.6. The number of hydrogen-bond donors (Lipinski definition) is 1. The third-order valence-electron chi connectivity index (χ3n) is 5.45. The van der Waals surface area contributed by atoms with E-state index in [0.717, 1.165) is 36.2 Å². The fourth-order valence-corrected chi connectivity index (χ4v) is 4.14. The Hall–Kier alpha value is -2.22. The standard InChI is InChI=1S/C17H24N6O2/c1-10-12(11(2)23-17(19-10)20-16(18)21-23)9-15(24)22-7-8-25-14-6-4-3-5-13(14)22/h13-14H,3-9H2,1-2H3,(H2,18,21)/t13-,14-/m1/s1. The molecule has 2 aromatic rings. The molecule has 25 heavy (non-hydrogen) atoms. The Morgan fingerprint density at radius 1 is 1.28 bits per heavy atom. The van der Waals surface area contributed by atoms with Gasteiger partial charge in [0.25, 0.3) is 5.78 Å². The second kappa shape index (κ2) is 6.25. The van der Waals surface area contributed by atoms with Crippen molar-refractivity contribution in [3.05, 3.63) is 17.0 Å². The van der Waals surface area contributed by atoms with E-state index in [4.69, 9.17) is 10.5 Å². The second-order valence-electron chi connectivity index (χ2n) is 6.97. The Labute approximate surface area is 146 Å². The minimum atomic E-state index is 0.139. The first kappa shape index (κ1) is 16.3. The summed E-state index contributed by atoms with van der Waals surface area (Å²) in [6, 6.07) is 0.217. The number of carbonyl (C=O) groups is 1. The number of nitrogen functional groups attached to an aromatic ring is 1. The molecule has 1 saturated carbocycles. The molecule has 0 aromatic carbocycles. The fourth-order valence-electron chi connectivity index (χ4n) is 4.14. The van der Waals surface area contributed by atoms with Crippen LogP contribution in [0.25, 0.3) is 5.78 Å². The molecule has 2 aliphatic rings. The maximum Gasteiger partial charge on any atom is 0.254 e. The van der Waals surface area contributed by atoms with E-state index in [1.807, 2.05) is 18.7 Å². The van der Waals surface area contributed by atoms with Crippen molar-refractivity contribution in [2.45, 2.75) is 58.1 Å². The lowest BCUT2D eigenvalue weighted by Crippen LogP contribution is -2.55. The second-order valence-corrected chi connectivity index (χ2v) is 6.97. The summed E-state index contributed by atoms with van der Waals surface area (Å²) in [5.74, 6) is 0.805. The van der Waals surface area contributed by atoms with E-state index in [9.17, 15) is 4.79 Å². The molecule has 4 rings (SSSR count). The molecule has 134 valence electrons. The largest absolute Gasteiger partial charge is 0.374 e. The summed E-state index contributed by atoms with van der Waals surface area (Å²) < 4.78 is 7.50. The molecule has 8 heteroatoms. The predicted octanol–water partition coefficient (Wildman–Crippen LogP) is 1.04. The van der Waals surface area contributed by atoms with E-state index in [0.29, 0.717) is 25.4 Å². The van der Waals surface area contributed by atoms with Crippen LogP contribution in [0.15, 0.2) is 0 Å². The number of aryl methyl sites for hydroxylation is 2. The van der Waals surface area contributed by atoms with Crippen LogP contribution >= 0.6 is 0 Å². The Bertz CT molecular complexity index is 815. The number of rotatable bonds is 2. The number of carbonyl (C=O) groups excluding carboxylic acids is 1. The van der Waals surface area contributed by atoms with Crippen LogP contribution in [0.1, 0.15) is 42.6 Å². The summed E-state index contributed by atoms with van der Waals surface area (Å²) in [7, 11) is 0. The SMILES string of the molecule is Cc1nc2nc(N)nn2c(C)c1CC(=O)N1CCO[C@@H]2CCCC[C@H]21. The van der Waals surface area contributed by atoms with Crippen molar-refractivity contribution >= 4 is 17.6 Å². The molecule has 2 atom stereocenters. The molecule has 1 amide bonds. The normalized spacial score (nSPS) is 23.7. The summed E-state index contributed by atoms with van der Waals surface area (Å²) in [5.41, 5.74) is 8.26. The molecule has 0 bridgehead atoms. The van der Waals surface area contributed by atoms with Gasteiger partial charge in [0.15, 0.2) is 0 Å². The highest BCUT2D eigenvalue weighted by Gasteiger charge is 2.36. The predicted molar refractivity (Wildman–Crippen MR) is 92.1 cm³/mol. The molecule has 2 fully saturated rings. The first-order valence-corrected chi connectivity index (χ1v) is 8.94. The number of ether oxygens (including phenoxy) is 1. The van der Waals surface area contributed by atoms with Crippen molar-refractivity contribution in [1.29, 1.82) is 0 Å². The average Bonchev–Trinajstić information content (AvgIpc) is 2.98. The quantitative estimate of drug-likeness (QED) is 0.874. The lowest BCUT2D eigenvalue weighted by atomic mass is 9.89. The van der Waals surface area contributed by atoms with Gasteiger partial charge >= 0.3 is 0 Å². The van der Waals surface area contributed by atoms with Gasteiger partial charge in [-0.3, -0.25) is 4.79 Å². The van der Waals surface area contributed by atoms with Crippen LogP contribution in [0.4, 0.5) is 5.95 Å². The summed E-state index contributed by atoms with van der Waals surface area (Å²) in [6.07, 6.45) is 4.96. The summed E-state index contributed by atoms with van der Waals surface area (Å²) in [4.78, 5) is 23.6. The van der Waals surface area contributed by atoms with E-state index in [2.05, 4.69) is 15.1 Å². The van der Waals surface area contributed by atoms with E-state index in [1.54, 1.807) is 4.52 Å². The third kappa shape index (κ3) is 2.84. The highest BCUT2D eigenvalue weighted by Crippen LogP contribution is 2.29. The van der Waals surface area contributed by atoms with Crippen LogP contribution in [-0.4, -0.2) is 55.7 Å². The van der Waals surface area contributed by atoms with Crippen LogP contribution in [-0.2, 0) is 16.0 Å². The van der Waals surface area contributed by atoms with Crippen molar-refractivity contribution in [3.63, 3.8) is 0 Å². The van der Waals surface area contributed by atoms with E-state index < -0.39 is 0 Å². The van der Waals surface area contributed by atoms with Crippen molar-refractivity contribution in [2.75, 3.05) is 18.9 Å². The number of fused-ring (bicyclic) bond motifs is 2. The average molecular weight is 344 g/mol. The van der Waals surface area contributed by atoms with Gasteiger partial charge in [0, 0.05) is 23.5 Å². The Morgan fingerprint density at radius 2 is 2.08 bits per heavy atom. The number of hydrogen-bond acceptors (Lipinski definition) is 6.